The molecule has 0 spiro atoms. The first-order valence-electron chi connectivity index (χ1n) is 4.27. The molecular formula is C10H11NO2. The van der Waals surface area contributed by atoms with E-state index in [0.717, 1.165) is 11.3 Å². The Kier molecular flexibility index (Phi) is 1.93. The predicted octanol–water partition coefficient (Wildman–Crippen LogP) is 1.89. The molecular weight excluding hydrogens is 166 g/mol. The topological polar surface area (TPSA) is 41.8 Å². The maximum absolute atomic E-state index is 8.84. The van der Waals surface area contributed by atoms with Crippen molar-refractivity contribution in [2.75, 3.05) is 6.61 Å². The molecule has 1 unspecified atom stereocenters. The molecule has 3 heteroatoms. The van der Waals surface area contributed by atoms with E-state index in [1.54, 1.807) is 0 Å². The van der Waals surface area contributed by atoms with Crippen LogP contribution in [0.1, 0.15) is 12.5 Å². The van der Waals surface area contributed by atoms with Crippen LogP contribution in [-0.2, 0) is 0 Å². The standard InChI is InChI=1S/C10H11NO2/c1-7-6-13-9-5-3-2-4-8(9)10(7)11-12/h2-5,7,12H,6H2,1H3/b11-10+. The SMILES string of the molecule is CC1COc2ccccc2/C1=N/O. The molecule has 13 heavy (non-hydrogen) atoms. The van der Waals surface area contributed by atoms with Gasteiger partial charge in [-0.05, 0) is 12.1 Å². The Morgan fingerprint density at radius 2 is 2.23 bits per heavy atom. The molecule has 1 aromatic rings. The molecule has 0 saturated heterocycles. The van der Waals surface area contributed by atoms with Crippen LogP contribution in [0.15, 0.2) is 29.4 Å². The van der Waals surface area contributed by atoms with Crippen molar-refractivity contribution in [1.82, 2.24) is 0 Å². The van der Waals surface area contributed by atoms with Gasteiger partial charge in [0.25, 0.3) is 0 Å². The van der Waals surface area contributed by atoms with Crippen molar-refractivity contribution in [2.24, 2.45) is 11.1 Å². The van der Waals surface area contributed by atoms with Gasteiger partial charge >= 0.3 is 0 Å². The van der Waals surface area contributed by atoms with Gasteiger partial charge in [0.1, 0.15) is 5.75 Å². The molecule has 0 fully saturated rings. The maximum Gasteiger partial charge on any atom is 0.128 e. The van der Waals surface area contributed by atoms with Gasteiger partial charge in [0.05, 0.1) is 12.3 Å². The van der Waals surface area contributed by atoms with Crippen LogP contribution in [0, 0.1) is 5.92 Å². The van der Waals surface area contributed by atoms with Crippen molar-refractivity contribution in [3.05, 3.63) is 29.8 Å². The van der Waals surface area contributed by atoms with Crippen LogP contribution in [0.25, 0.3) is 0 Å². The summed E-state index contributed by atoms with van der Waals surface area (Å²) >= 11 is 0. The minimum atomic E-state index is 0.153. The number of nitrogens with zero attached hydrogens (tertiary/aromatic N) is 1. The zero-order valence-corrected chi connectivity index (χ0v) is 7.40. The fourth-order valence-electron chi connectivity index (χ4n) is 1.52. The van der Waals surface area contributed by atoms with Crippen LogP contribution in [0.3, 0.4) is 0 Å². The minimum absolute atomic E-state index is 0.153. The summed E-state index contributed by atoms with van der Waals surface area (Å²) < 4.78 is 5.48. The Morgan fingerprint density at radius 3 is 3.00 bits per heavy atom. The van der Waals surface area contributed by atoms with Gasteiger partial charge in [-0.1, -0.05) is 24.2 Å². The number of fused-ring (bicyclic) bond motifs is 1. The van der Waals surface area contributed by atoms with E-state index in [0.29, 0.717) is 12.3 Å². The fraction of sp³-hybridized carbons (Fsp3) is 0.300. The lowest BCUT2D eigenvalue weighted by molar-refractivity contribution is 0.268. The van der Waals surface area contributed by atoms with E-state index in [1.165, 1.54) is 0 Å². The lowest BCUT2D eigenvalue weighted by Crippen LogP contribution is -2.25. The number of rotatable bonds is 0. The lowest BCUT2D eigenvalue weighted by Gasteiger charge is -2.22. The summed E-state index contributed by atoms with van der Waals surface area (Å²) in [7, 11) is 0. The van der Waals surface area contributed by atoms with Gasteiger partial charge in [0.2, 0.25) is 0 Å². The molecule has 1 atom stereocenters. The third-order valence-electron chi connectivity index (χ3n) is 2.23. The fourth-order valence-corrected chi connectivity index (χ4v) is 1.52. The predicted molar refractivity (Wildman–Crippen MR) is 49.4 cm³/mol. The molecule has 0 bridgehead atoms. The summed E-state index contributed by atoms with van der Waals surface area (Å²) in [5.41, 5.74) is 1.60. The van der Waals surface area contributed by atoms with Crippen molar-refractivity contribution in [3.63, 3.8) is 0 Å². The Balaban J connectivity index is 2.52. The van der Waals surface area contributed by atoms with Gasteiger partial charge in [-0.25, -0.2) is 0 Å². The molecule has 0 aromatic heterocycles. The summed E-state index contributed by atoms with van der Waals surface area (Å²) in [6.45, 7) is 2.56. The van der Waals surface area contributed by atoms with Gasteiger partial charge in [-0.2, -0.15) is 0 Å². The minimum Gasteiger partial charge on any atom is -0.492 e. The number of benzene rings is 1. The monoisotopic (exact) mass is 177 g/mol. The zero-order chi connectivity index (χ0) is 9.26. The van der Waals surface area contributed by atoms with E-state index in [2.05, 4.69) is 5.16 Å². The smallest absolute Gasteiger partial charge is 0.128 e. The first-order valence-corrected chi connectivity index (χ1v) is 4.27. The van der Waals surface area contributed by atoms with Crippen LogP contribution in [0.4, 0.5) is 0 Å². The van der Waals surface area contributed by atoms with E-state index in [4.69, 9.17) is 9.94 Å². The third-order valence-corrected chi connectivity index (χ3v) is 2.23. The van der Waals surface area contributed by atoms with Gasteiger partial charge in [-0.3, -0.25) is 0 Å². The summed E-state index contributed by atoms with van der Waals surface area (Å²) in [5.74, 6) is 0.952. The first-order chi connectivity index (χ1) is 6.33. The first kappa shape index (κ1) is 8.10. The summed E-state index contributed by atoms with van der Waals surface area (Å²) in [5, 5.41) is 12.1. The Hall–Kier alpha value is -1.51. The zero-order valence-electron chi connectivity index (χ0n) is 7.40. The molecule has 2 rings (SSSR count). The lowest BCUT2D eigenvalue weighted by atomic mass is 9.96. The second-order valence-corrected chi connectivity index (χ2v) is 3.19. The Bertz CT molecular complexity index is 347. The van der Waals surface area contributed by atoms with Crippen LogP contribution in [0.5, 0.6) is 5.75 Å². The highest BCUT2D eigenvalue weighted by molar-refractivity contribution is 6.04. The molecule has 0 saturated carbocycles. The molecule has 1 aliphatic heterocycles. The summed E-state index contributed by atoms with van der Waals surface area (Å²) in [6, 6.07) is 7.60. The van der Waals surface area contributed by atoms with E-state index < -0.39 is 0 Å². The van der Waals surface area contributed by atoms with Crippen LogP contribution in [-0.4, -0.2) is 17.5 Å². The highest BCUT2D eigenvalue weighted by Gasteiger charge is 2.23. The van der Waals surface area contributed by atoms with Crippen LogP contribution in [0.2, 0.25) is 0 Å². The molecule has 0 amide bonds. The number of oxime groups is 1. The Labute approximate surface area is 76.6 Å². The molecule has 1 heterocycles. The second kappa shape index (κ2) is 3.09. The number of hydrogen-bond acceptors (Lipinski definition) is 3. The quantitative estimate of drug-likeness (QED) is 0.485. The van der Waals surface area contributed by atoms with E-state index >= 15 is 0 Å². The molecule has 0 aliphatic carbocycles. The van der Waals surface area contributed by atoms with Gasteiger partial charge < -0.3 is 9.94 Å². The molecule has 68 valence electrons. The van der Waals surface area contributed by atoms with Crippen LogP contribution < -0.4 is 4.74 Å². The molecule has 0 radical (unpaired) electrons. The van der Waals surface area contributed by atoms with Gasteiger partial charge in [-0.15, -0.1) is 0 Å². The number of hydrogen-bond donors (Lipinski definition) is 1. The van der Waals surface area contributed by atoms with Crippen LogP contribution >= 0.6 is 0 Å². The summed E-state index contributed by atoms with van der Waals surface area (Å²) in [4.78, 5) is 0. The van der Waals surface area contributed by atoms with E-state index in [-0.39, 0.29) is 5.92 Å². The normalized spacial score (nSPS) is 23.8. The Morgan fingerprint density at radius 1 is 1.46 bits per heavy atom. The molecule has 1 N–H and O–H groups in total. The van der Waals surface area contributed by atoms with Gasteiger partial charge in [0.15, 0.2) is 0 Å². The largest absolute Gasteiger partial charge is 0.492 e. The third kappa shape index (κ3) is 1.26. The highest BCUT2D eigenvalue weighted by Crippen LogP contribution is 2.26. The van der Waals surface area contributed by atoms with Crippen molar-refractivity contribution in [2.45, 2.75) is 6.92 Å². The van der Waals surface area contributed by atoms with Crippen molar-refractivity contribution in [1.29, 1.82) is 0 Å². The average Bonchev–Trinajstić information content (AvgIpc) is 2.18. The van der Waals surface area contributed by atoms with E-state index in [1.807, 2.05) is 31.2 Å². The van der Waals surface area contributed by atoms with Crippen molar-refractivity contribution in [3.8, 4) is 5.75 Å². The number of para-hydroxylation sites is 1. The second-order valence-electron chi connectivity index (χ2n) is 3.19. The average molecular weight is 177 g/mol. The van der Waals surface area contributed by atoms with Gasteiger partial charge in [0, 0.05) is 11.5 Å². The van der Waals surface area contributed by atoms with Crippen molar-refractivity contribution >= 4 is 5.71 Å². The highest BCUT2D eigenvalue weighted by atomic mass is 16.5. The van der Waals surface area contributed by atoms with E-state index in [9.17, 15) is 0 Å². The molecule has 1 aromatic carbocycles. The maximum atomic E-state index is 8.84. The molecule has 3 nitrogen and oxygen atoms in total. The number of ether oxygens (including phenoxy) is 1. The molecule has 1 aliphatic rings. The van der Waals surface area contributed by atoms with Crippen molar-refractivity contribution < 1.29 is 9.94 Å². The summed E-state index contributed by atoms with van der Waals surface area (Å²) in [6.07, 6.45) is 0.